The smallest absolute Gasteiger partial charge is 0.256 e. The number of rotatable bonds is 5. The van der Waals surface area contributed by atoms with Crippen molar-refractivity contribution >= 4 is 22.8 Å². The Kier molecular flexibility index (Phi) is 5.89. The first kappa shape index (κ1) is 20.9. The Labute approximate surface area is 193 Å². The first-order valence-electron chi connectivity index (χ1n) is 11.4. The fraction of sp³-hybridized carbons (Fsp3) is 0.222. The molecule has 1 unspecified atom stereocenters. The molecule has 0 bridgehead atoms. The van der Waals surface area contributed by atoms with Crippen LogP contribution in [-0.2, 0) is 0 Å². The number of aromatic amines is 1. The Hall–Kier alpha value is -3.93. The number of H-pyrrole nitrogens is 1. The molecule has 6 nitrogen and oxygen atoms in total. The largest absolute Gasteiger partial charge is 0.377 e. The number of likely N-dealkylation sites (tertiary alicyclic amines) is 1. The second-order valence-corrected chi connectivity index (χ2v) is 8.39. The second kappa shape index (κ2) is 9.28. The maximum Gasteiger partial charge on any atom is 0.256 e. The maximum atomic E-state index is 12.6. The average molecular weight is 438 g/mol. The van der Waals surface area contributed by atoms with E-state index in [4.69, 9.17) is 0 Å². The van der Waals surface area contributed by atoms with Crippen LogP contribution in [0, 0.1) is 0 Å². The topological polar surface area (TPSA) is 73.9 Å². The summed E-state index contributed by atoms with van der Waals surface area (Å²) in [7, 11) is 0. The summed E-state index contributed by atoms with van der Waals surface area (Å²) in [6.45, 7) is 4.19. The molecule has 1 saturated heterocycles. The first-order chi connectivity index (χ1) is 16.2. The number of allylic oxidation sites excluding steroid dienone is 1. The molecule has 0 spiro atoms. The minimum Gasteiger partial charge on any atom is -0.377 e. The van der Waals surface area contributed by atoms with Crippen molar-refractivity contribution in [1.29, 1.82) is 0 Å². The lowest BCUT2D eigenvalue weighted by molar-refractivity contribution is 0.102. The van der Waals surface area contributed by atoms with Gasteiger partial charge in [0.2, 0.25) is 0 Å². The summed E-state index contributed by atoms with van der Waals surface area (Å²) in [5, 5.41) is 4.01. The van der Waals surface area contributed by atoms with E-state index in [-0.39, 0.29) is 5.91 Å². The minimum absolute atomic E-state index is 0.173. The van der Waals surface area contributed by atoms with Crippen LogP contribution in [0.2, 0.25) is 0 Å². The molecule has 0 radical (unpaired) electrons. The highest BCUT2D eigenvalue weighted by Gasteiger charge is 2.23. The molecule has 2 N–H and O–H groups in total. The molecule has 0 saturated carbocycles. The lowest BCUT2D eigenvalue weighted by atomic mass is 9.87. The fourth-order valence-electron chi connectivity index (χ4n) is 4.68. The van der Waals surface area contributed by atoms with Gasteiger partial charge in [-0.1, -0.05) is 24.3 Å². The van der Waals surface area contributed by atoms with Gasteiger partial charge >= 0.3 is 0 Å². The third kappa shape index (κ3) is 4.37. The molecule has 1 amide bonds. The van der Waals surface area contributed by atoms with E-state index >= 15 is 0 Å². The van der Waals surface area contributed by atoms with E-state index in [0.717, 1.165) is 29.9 Å². The van der Waals surface area contributed by atoms with Gasteiger partial charge in [0.1, 0.15) is 11.5 Å². The van der Waals surface area contributed by atoms with Gasteiger partial charge in [0.15, 0.2) is 0 Å². The molecule has 1 atom stereocenters. The summed E-state index contributed by atoms with van der Waals surface area (Å²) >= 11 is 0. The molecule has 1 aliphatic rings. The molecule has 33 heavy (non-hydrogen) atoms. The van der Waals surface area contributed by atoms with Crippen molar-refractivity contribution in [3.63, 3.8) is 0 Å². The van der Waals surface area contributed by atoms with E-state index in [9.17, 15) is 4.79 Å². The Balaban J connectivity index is 1.44. The van der Waals surface area contributed by atoms with Crippen LogP contribution in [0.1, 0.15) is 41.6 Å². The molecular formula is C27H27N5O. The molecule has 6 heteroatoms. The van der Waals surface area contributed by atoms with E-state index in [1.165, 1.54) is 23.8 Å². The van der Waals surface area contributed by atoms with Crippen LogP contribution >= 0.6 is 0 Å². The zero-order valence-corrected chi connectivity index (χ0v) is 18.7. The normalized spacial score (nSPS) is 16.4. The van der Waals surface area contributed by atoms with E-state index < -0.39 is 0 Å². The highest BCUT2D eigenvalue weighted by atomic mass is 16.1. The van der Waals surface area contributed by atoms with Crippen molar-refractivity contribution in [2.75, 3.05) is 18.4 Å². The monoisotopic (exact) mass is 437 g/mol. The third-order valence-electron chi connectivity index (χ3n) is 6.22. The van der Waals surface area contributed by atoms with Crippen LogP contribution < -0.4 is 5.32 Å². The molecule has 5 rings (SSSR count). The first-order valence-corrected chi connectivity index (χ1v) is 11.4. The number of pyridine rings is 2. The number of nitrogens with one attached hydrogen (secondary N) is 2. The van der Waals surface area contributed by atoms with Crippen molar-refractivity contribution in [3.8, 4) is 11.1 Å². The number of piperidine rings is 1. The van der Waals surface area contributed by atoms with Crippen LogP contribution in [0.4, 0.5) is 5.82 Å². The lowest BCUT2D eigenvalue weighted by Gasteiger charge is -2.32. The van der Waals surface area contributed by atoms with Gasteiger partial charge in [0, 0.05) is 54.1 Å². The summed E-state index contributed by atoms with van der Waals surface area (Å²) in [5.41, 5.74) is 5.01. The quantitative estimate of drug-likeness (QED) is 0.427. The van der Waals surface area contributed by atoms with Crippen molar-refractivity contribution in [1.82, 2.24) is 19.9 Å². The molecule has 3 aromatic heterocycles. The molecule has 0 aliphatic carbocycles. The lowest BCUT2D eigenvalue weighted by Crippen LogP contribution is -2.30. The molecular weight excluding hydrogens is 410 g/mol. The zero-order valence-electron chi connectivity index (χ0n) is 18.7. The number of carbonyl (C=O) groups excluding carboxylic acids is 1. The number of hydrogen-bond donors (Lipinski definition) is 2. The number of anilines is 1. The summed E-state index contributed by atoms with van der Waals surface area (Å²) < 4.78 is 0. The van der Waals surface area contributed by atoms with Crippen molar-refractivity contribution < 1.29 is 4.79 Å². The molecule has 4 aromatic rings. The third-order valence-corrected chi connectivity index (χ3v) is 6.22. The standard InChI is InChI=1S/C27H27N5O/c1-2-15-32-16-5-6-21(18-32)22-12-14-29-26-25(22)23(17-30-26)19-8-10-20(11-9-19)27(33)31-24-7-3-4-13-28-24/h2-4,7-15,17,21H,5-6,16,18H2,1H3,(H,29,30)(H,28,31,33). The molecule has 1 aromatic carbocycles. The summed E-state index contributed by atoms with van der Waals surface area (Å²) in [5.74, 6) is 0.824. The minimum atomic E-state index is -0.173. The Morgan fingerprint density at radius 3 is 2.79 bits per heavy atom. The molecule has 4 heterocycles. The van der Waals surface area contributed by atoms with Crippen LogP contribution in [0.5, 0.6) is 0 Å². The Morgan fingerprint density at radius 1 is 1.12 bits per heavy atom. The number of fused-ring (bicyclic) bond motifs is 1. The van der Waals surface area contributed by atoms with E-state index in [2.05, 4.69) is 50.4 Å². The molecule has 1 fully saturated rings. The van der Waals surface area contributed by atoms with Crippen LogP contribution in [0.25, 0.3) is 22.2 Å². The number of carbonyl (C=O) groups is 1. The number of benzene rings is 1. The van der Waals surface area contributed by atoms with Crippen LogP contribution in [0.3, 0.4) is 0 Å². The average Bonchev–Trinajstić information content (AvgIpc) is 3.30. The number of nitrogens with zero attached hydrogens (tertiary/aromatic N) is 3. The van der Waals surface area contributed by atoms with Gasteiger partial charge in [-0.05, 0) is 67.4 Å². The zero-order chi connectivity index (χ0) is 22.6. The Morgan fingerprint density at radius 2 is 2.00 bits per heavy atom. The fourth-order valence-corrected chi connectivity index (χ4v) is 4.68. The van der Waals surface area contributed by atoms with Crippen molar-refractivity contribution in [2.45, 2.75) is 25.7 Å². The van der Waals surface area contributed by atoms with Crippen molar-refractivity contribution in [2.24, 2.45) is 0 Å². The molecule has 1 aliphatic heterocycles. The second-order valence-electron chi connectivity index (χ2n) is 8.39. The van der Waals surface area contributed by atoms with Crippen molar-refractivity contribution in [3.05, 3.63) is 90.5 Å². The van der Waals surface area contributed by atoms with Gasteiger partial charge in [0.05, 0.1) is 0 Å². The van der Waals surface area contributed by atoms with Gasteiger partial charge in [-0.2, -0.15) is 0 Å². The van der Waals surface area contributed by atoms with E-state index in [0.29, 0.717) is 17.3 Å². The highest BCUT2D eigenvalue weighted by molar-refractivity contribution is 6.04. The SMILES string of the molecule is CC=CN1CCCC(c2ccnc3[nH]cc(-c4ccc(C(=O)Nc5ccccn5)cc4)c23)C1. The predicted octanol–water partition coefficient (Wildman–Crippen LogP) is 5.59. The summed E-state index contributed by atoms with van der Waals surface area (Å²) in [6, 6.07) is 15.3. The molecule has 166 valence electrons. The Bertz CT molecular complexity index is 1280. The number of hydrogen-bond acceptors (Lipinski definition) is 4. The van der Waals surface area contributed by atoms with Gasteiger partial charge in [-0.25, -0.2) is 9.97 Å². The number of aromatic nitrogens is 3. The van der Waals surface area contributed by atoms with E-state index in [1.54, 1.807) is 12.3 Å². The highest BCUT2D eigenvalue weighted by Crippen LogP contribution is 2.37. The summed E-state index contributed by atoms with van der Waals surface area (Å²) in [4.78, 5) is 27.1. The number of amides is 1. The van der Waals surface area contributed by atoms with Crippen LogP contribution in [-0.4, -0.2) is 38.8 Å². The summed E-state index contributed by atoms with van der Waals surface area (Å²) in [6.07, 6.45) is 12.2. The van der Waals surface area contributed by atoms with Crippen LogP contribution in [0.15, 0.2) is 79.4 Å². The predicted molar refractivity (Wildman–Crippen MR) is 132 cm³/mol. The van der Waals surface area contributed by atoms with Gasteiger partial charge in [-0.3, -0.25) is 4.79 Å². The van der Waals surface area contributed by atoms with E-state index in [1.807, 2.05) is 48.8 Å². The van der Waals surface area contributed by atoms with Gasteiger partial charge in [0.25, 0.3) is 5.91 Å². The van der Waals surface area contributed by atoms with Gasteiger partial charge < -0.3 is 15.2 Å². The maximum absolute atomic E-state index is 12.6. The van der Waals surface area contributed by atoms with Gasteiger partial charge in [-0.15, -0.1) is 0 Å².